The van der Waals surface area contributed by atoms with Crippen molar-refractivity contribution in [2.24, 2.45) is 0 Å². The predicted octanol–water partition coefficient (Wildman–Crippen LogP) is 3.17. The summed E-state index contributed by atoms with van der Waals surface area (Å²) in [5, 5.41) is 1.08. The van der Waals surface area contributed by atoms with E-state index in [1.807, 2.05) is 44.3 Å². The summed E-state index contributed by atoms with van der Waals surface area (Å²) in [5.74, 6) is -0.129. The minimum absolute atomic E-state index is 0.0544. The van der Waals surface area contributed by atoms with Crippen LogP contribution in [0.15, 0.2) is 40.1 Å². The number of unbranched alkanes of at least 4 members (excludes halogenated alkanes) is 2. The zero-order valence-corrected chi connectivity index (χ0v) is 18.2. The topological polar surface area (TPSA) is 117 Å². The molecule has 1 aromatic carbocycles. The molecule has 8 heteroatoms. The molecule has 3 aromatic rings. The summed E-state index contributed by atoms with van der Waals surface area (Å²) in [6.07, 6.45) is 5.91. The molecule has 1 amide bonds. The number of nitrogens with zero attached hydrogens (tertiary/aromatic N) is 2. The van der Waals surface area contributed by atoms with Crippen molar-refractivity contribution in [3.8, 4) is 0 Å². The van der Waals surface area contributed by atoms with Gasteiger partial charge in [-0.05, 0) is 30.9 Å². The molecule has 8 nitrogen and oxygen atoms in total. The Balaban J connectivity index is 1.90. The molecule has 166 valence electrons. The number of aryl methyl sites for hydroxylation is 1. The smallest absolute Gasteiger partial charge is 0.330 e. The summed E-state index contributed by atoms with van der Waals surface area (Å²) in [6, 6.07) is 7.94. The standard InChI is InChI=1S/C23H31N5O3/c1-3-5-13-27(20-21(24)28(14-6-4-2)23(31)26-22(20)30)19(29)12-11-16-15-25-18-10-8-7-9-17(16)18/h7-10,15,25H,3-6,11-14,24H2,1-2H3,(H,26,30,31). The maximum absolute atomic E-state index is 13.2. The zero-order chi connectivity index (χ0) is 22.4. The van der Waals surface area contributed by atoms with Crippen LogP contribution in [-0.2, 0) is 17.8 Å². The van der Waals surface area contributed by atoms with E-state index in [-0.39, 0.29) is 23.8 Å². The van der Waals surface area contributed by atoms with Crippen molar-refractivity contribution in [3.63, 3.8) is 0 Å². The second-order valence-electron chi connectivity index (χ2n) is 7.76. The lowest BCUT2D eigenvalue weighted by molar-refractivity contribution is -0.118. The number of fused-ring (bicyclic) bond motifs is 1. The molecule has 0 atom stereocenters. The van der Waals surface area contributed by atoms with E-state index in [0.29, 0.717) is 19.5 Å². The number of nitrogen functional groups attached to an aromatic ring is 1. The van der Waals surface area contributed by atoms with E-state index in [1.54, 1.807) is 0 Å². The van der Waals surface area contributed by atoms with Gasteiger partial charge in [-0.1, -0.05) is 44.9 Å². The van der Waals surface area contributed by atoms with E-state index in [2.05, 4.69) is 9.97 Å². The average molecular weight is 426 g/mol. The molecule has 2 aromatic heterocycles. The molecule has 4 N–H and O–H groups in total. The number of para-hydroxylation sites is 1. The largest absolute Gasteiger partial charge is 0.383 e. The van der Waals surface area contributed by atoms with Gasteiger partial charge in [0, 0.05) is 36.6 Å². The lowest BCUT2D eigenvalue weighted by Gasteiger charge is -2.24. The predicted molar refractivity (Wildman–Crippen MR) is 125 cm³/mol. The van der Waals surface area contributed by atoms with Gasteiger partial charge in [0.1, 0.15) is 5.82 Å². The van der Waals surface area contributed by atoms with E-state index in [4.69, 9.17) is 5.73 Å². The maximum Gasteiger partial charge on any atom is 0.330 e. The number of H-pyrrole nitrogens is 2. The number of amides is 1. The molecule has 0 bridgehead atoms. The van der Waals surface area contributed by atoms with Gasteiger partial charge in [-0.15, -0.1) is 0 Å². The third-order valence-corrected chi connectivity index (χ3v) is 5.54. The number of aromatic amines is 2. The summed E-state index contributed by atoms with van der Waals surface area (Å²) >= 11 is 0. The van der Waals surface area contributed by atoms with Gasteiger partial charge in [-0.3, -0.25) is 19.1 Å². The number of benzene rings is 1. The van der Waals surface area contributed by atoms with Crippen LogP contribution in [0.1, 0.15) is 51.5 Å². The van der Waals surface area contributed by atoms with Crippen molar-refractivity contribution in [1.82, 2.24) is 14.5 Å². The van der Waals surface area contributed by atoms with Crippen molar-refractivity contribution in [3.05, 3.63) is 56.9 Å². The highest BCUT2D eigenvalue weighted by atomic mass is 16.2. The highest BCUT2D eigenvalue weighted by Gasteiger charge is 2.24. The molecule has 31 heavy (non-hydrogen) atoms. The summed E-state index contributed by atoms with van der Waals surface area (Å²) in [7, 11) is 0. The van der Waals surface area contributed by atoms with Crippen molar-refractivity contribution in [2.45, 2.75) is 58.9 Å². The van der Waals surface area contributed by atoms with Gasteiger partial charge in [0.05, 0.1) is 0 Å². The Bertz CT molecular complexity index is 1160. The van der Waals surface area contributed by atoms with E-state index < -0.39 is 11.2 Å². The second-order valence-corrected chi connectivity index (χ2v) is 7.76. The van der Waals surface area contributed by atoms with Crippen LogP contribution in [0.25, 0.3) is 10.9 Å². The lowest BCUT2D eigenvalue weighted by Crippen LogP contribution is -2.41. The molecule has 0 saturated heterocycles. The molecule has 0 radical (unpaired) electrons. The van der Waals surface area contributed by atoms with E-state index in [0.717, 1.165) is 42.1 Å². The Morgan fingerprint density at radius 3 is 2.61 bits per heavy atom. The third kappa shape index (κ3) is 4.90. The number of nitrogens with two attached hydrogens (primary N) is 1. The van der Waals surface area contributed by atoms with E-state index >= 15 is 0 Å². The van der Waals surface area contributed by atoms with Crippen LogP contribution in [0.3, 0.4) is 0 Å². The summed E-state index contributed by atoms with van der Waals surface area (Å²) in [4.78, 5) is 45.1. The zero-order valence-electron chi connectivity index (χ0n) is 18.2. The normalized spacial score (nSPS) is 11.2. The Labute approximate surface area is 181 Å². The molecule has 0 unspecified atom stereocenters. The first-order valence-electron chi connectivity index (χ1n) is 11.0. The number of anilines is 2. The van der Waals surface area contributed by atoms with Crippen LogP contribution in [-0.4, -0.2) is 27.0 Å². The molecule has 0 fully saturated rings. The first-order chi connectivity index (χ1) is 15.0. The molecule has 0 aliphatic heterocycles. The van der Waals surface area contributed by atoms with Crippen LogP contribution < -0.4 is 21.9 Å². The molecule has 0 spiro atoms. The van der Waals surface area contributed by atoms with E-state index in [1.165, 1.54) is 9.47 Å². The Morgan fingerprint density at radius 2 is 1.87 bits per heavy atom. The van der Waals surface area contributed by atoms with E-state index in [9.17, 15) is 14.4 Å². The highest BCUT2D eigenvalue weighted by Crippen LogP contribution is 2.22. The van der Waals surface area contributed by atoms with Crippen molar-refractivity contribution >= 4 is 28.3 Å². The number of carbonyl (C=O) groups is 1. The molecule has 2 heterocycles. The summed E-state index contributed by atoms with van der Waals surface area (Å²) in [6.45, 7) is 4.80. The van der Waals surface area contributed by atoms with Crippen LogP contribution in [0, 0.1) is 0 Å². The van der Waals surface area contributed by atoms with Crippen molar-refractivity contribution in [1.29, 1.82) is 0 Å². The SMILES string of the molecule is CCCCN(C(=O)CCc1c[nH]c2ccccc12)c1c(N)n(CCCC)c(=O)[nH]c1=O. The Kier molecular flexibility index (Phi) is 7.33. The van der Waals surface area contributed by atoms with Crippen molar-refractivity contribution in [2.75, 3.05) is 17.2 Å². The Morgan fingerprint density at radius 1 is 1.13 bits per heavy atom. The van der Waals surface area contributed by atoms with Crippen LogP contribution in [0.2, 0.25) is 0 Å². The van der Waals surface area contributed by atoms with Crippen LogP contribution in [0.5, 0.6) is 0 Å². The molecular weight excluding hydrogens is 394 g/mol. The molecule has 0 aliphatic carbocycles. The fourth-order valence-corrected chi connectivity index (χ4v) is 3.77. The highest BCUT2D eigenvalue weighted by molar-refractivity contribution is 5.96. The number of nitrogens with one attached hydrogen (secondary N) is 2. The van der Waals surface area contributed by atoms with Gasteiger partial charge in [0.25, 0.3) is 5.56 Å². The van der Waals surface area contributed by atoms with Gasteiger partial charge < -0.3 is 15.6 Å². The van der Waals surface area contributed by atoms with Gasteiger partial charge >= 0.3 is 5.69 Å². The molecule has 3 rings (SSSR count). The number of aromatic nitrogens is 3. The first-order valence-corrected chi connectivity index (χ1v) is 11.0. The first kappa shape index (κ1) is 22.4. The molecular formula is C23H31N5O3. The maximum atomic E-state index is 13.2. The fraction of sp³-hybridized carbons (Fsp3) is 0.435. The van der Waals surface area contributed by atoms with Gasteiger partial charge in [0.15, 0.2) is 5.69 Å². The summed E-state index contributed by atoms with van der Waals surface area (Å²) < 4.78 is 1.35. The van der Waals surface area contributed by atoms with Gasteiger partial charge in [-0.25, -0.2) is 4.79 Å². The lowest BCUT2D eigenvalue weighted by atomic mass is 10.1. The summed E-state index contributed by atoms with van der Waals surface area (Å²) in [5.41, 5.74) is 7.24. The second kappa shape index (κ2) is 10.1. The fourth-order valence-electron chi connectivity index (χ4n) is 3.77. The number of rotatable bonds is 10. The number of hydrogen-bond donors (Lipinski definition) is 3. The van der Waals surface area contributed by atoms with Crippen molar-refractivity contribution < 1.29 is 4.79 Å². The monoisotopic (exact) mass is 425 g/mol. The molecule has 0 aliphatic rings. The van der Waals surface area contributed by atoms with Crippen LogP contribution >= 0.6 is 0 Å². The minimum atomic E-state index is -0.619. The average Bonchev–Trinajstić information content (AvgIpc) is 3.17. The third-order valence-electron chi connectivity index (χ3n) is 5.54. The van der Waals surface area contributed by atoms with Crippen LogP contribution in [0.4, 0.5) is 11.5 Å². The van der Waals surface area contributed by atoms with Gasteiger partial charge in [-0.2, -0.15) is 0 Å². The minimum Gasteiger partial charge on any atom is -0.383 e. The quantitative estimate of drug-likeness (QED) is 0.462. The number of hydrogen-bond acceptors (Lipinski definition) is 4. The molecule has 0 saturated carbocycles. The van der Waals surface area contributed by atoms with Gasteiger partial charge in [0.2, 0.25) is 5.91 Å². The number of carbonyl (C=O) groups excluding carboxylic acids is 1. The Hall–Kier alpha value is -3.29.